The largest absolute Gasteiger partial charge is 0.501 e. The fourth-order valence-electron chi connectivity index (χ4n) is 5.69. The van der Waals surface area contributed by atoms with E-state index in [4.69, 9.17) is 33.2 Å². The van der Waals surface area contributed by atoms with Crippen LogP contribution in [0.15, 0.2) is 114 Å². The zero-order valence-electron chi connectivity index (χ0n) is 47.9. The summed E-state index contributed by atoms with van der Waals surface area (Å²) < 4.78 is 187. The molecule has 5 aromatic carbocycles. The molecule has 1 radical (unpaired) electrons. The van der Waals surface area contributed by atoms with Crippen LogP contribution in [-0.4, -0.2) is 9.97 Å². The molecule has 0 bridgehead atoms. The van der Waals surface area contributed by atoms with E-state index in [2.05, 4.69) is 22.1 Å². The van der Waals surface area contributed by atoms with Crippen LogP contribution in [0.2, 0.25) is 0 Å². The summed E-state index contributed by atoms with van der Waals surface area (Å²) in [5.41, 5.74) is -1.44. The van der Waals surface area contributed by atoms with Crippen molar-refractivity contribution in [2.45, 2.75) is 48.0 Å². The van der Waals surface area contributed by atoms with Gasteiger partial charge >= 0.3 is 0 Å². The van der Waals surface area contributed by atoms with Crippen LogP contribution in [0.25, 0.3) is 66.7 Å². The molecule has 0 aliphatic heterocycles. The Labute approximate surface area is 348 Å². The van der Waals surface area contributed by atoms with Crippen LogP contribution < -0.4 is 0 Å². The first-order valence-electron chi connectivity index (χ1n) is 25.9. The van der Waals surface area contributed by atoms with E-state index in [0.717, 1.165) is 59.6 Å². The monoisotopic (exact) mass is 880 g/mol. The van der Waals surface area contributed by atoms with Crippen LogP contribution in [0.3, 0.4) is 0 Å². The predicted molar refractivity (Wildman–Crippen MR) is 208 cm³/mol. The fraction of sp³-hybridized carbons (Fsp3) is 0.149. The molecule has 0 saturated heterocycles. The second-order valence-electron chi connectivity index (χ2n) is 11.5. The number of furan rings is 1. The first-order chi connectivity index (χ1) is 33.0. The molecule has 0 N–H and O–H groups in total. The number of fused-ring (bicyclic) bond motifs is 3. The van der Waals surface area contributed by atoms with Crippen molar-refractivity contribution in [3.8, 4) is 44.8 Å². The Morgan fingerprint density at radius 1 is 0.596 bits per heavy atom. The Balaban J connectivity index is 0.000000331. The van der Waals surface area contributed by atoms with E-state index >= 15 is 0 Å². The summed E-state index contributed by atoms with van der Waals surface area (Å²) >= 11 is 0. The van der Waals surface area contributed by atoms with E-state index < -0.39 is 70.5 Å². The smallest absolute Gasteiger partial charge is 0.120 e. The van der Waals surface area contributed by atoms with E-state index in [-0.39, 0.29) is 76.0 Å². The van der Waals surface area contributed by atoms with Crippen LogP contribution in [0.5, 0.6) is 0 Å². The summed E-state index contributed by atoms with van der Waals surface area (Å²) in [5.74, 6) is -0.478. The van der Waals surface area contributed by atoms with Crippen molar-refractivity contribution in [1.82, 2.24) is 9.97 Å². The van der Waals surface area contributed by atoms with Gasteiger partial charge in [0.1, 0.15) is 5.58 Å². The molecule has 0 saturated carbocycles. The number of rotatable bonds is 4. The van der Waals surface area contributed by atoms with E-state index in [0.29, 0.717) is 22.3 Å². The molecule has 8 aromatic rings. The number of para-hydroxylation sites is 1. The van der Waals surface area contributed by atoms with Crippen molar-refractivity contribution in [3.05, 3.63) is 166 Å². The quantitative estimate of drug-likeness (QED) is 0.165. The molecule has 52 heavy (non-hydrogen) atoms. The van der Waals surface area contributed by atoms with Gasteiger partial charge in [0.05, 0.1) is 5.58 Å². The van der Waals surface area contributed by atoms with Crippen molar-refractivity contribution in [3.63, 3.8) is 0 Å². The second kappa shape index (κ2) is 15.2. The average molecular weight is 880 g/mol. The topological polar surface area (TPSA) is 38.9 Å². The minimum absolute atomic E-state index is 0. The number of nitrogens with zero attached hydrogens (tertiary/aromatic N) is 2. The van der Waals surface area contributed by atoms with Gasteiger partial charge in [-0.15, -0.1) is 48.0 Å². The summed E-state index contributed by atoms with van der Waals surface area (Å²) in [6.45, 7) is -19.5. The van der Waals surface area contributed by atoms with Crippen LogP contribution in [0.4, 0.5) is 4.39 Å². The maximum absolute atomic E-state index is 12.9. The molecule has 0 amide bonds. The molecule has 261 valence electrons. The first kappa shape index (κ1) is 18.5. The van der Waals surface area contributed by atoms with Gasteiger partial charge < -0.3 is 14.4 Å². The van der Waals surface area contributed by atoms with Crippen LogP contribution in [0.1, 0.15) is 67.7 Å². The predicted octanol–water partition coefficient (Wildman–Crippen LogP) is 12.6. The minimum atomic E-state index is -2.98. The Morgan fingerprint density at radius 3 is 2.06 bits per heavy atom. The maximum atomic E-state index is 12.9. The summed E-state index contributed by atoms with van der Waals surface area (Å²) in [7, 11) is 0. The van der Waals surface area contributed by atoms with Crippen molar-refractivity contribution in [2.75, 3.05) is 0 Å². The number of aryl methyl sites for hydroxylation is 7. The Bertz CT molecular complexity index is 3330. The molecule has 0 aliphatic rings. The molecule has 8 rings (SSSR count). The third-order valence-corrected chi connectivity index (χ3v) is 8.21. The van der Waals surface area contributed by atoms with Gasteiger partial charge in [-0.3, -0.25) is 4.39 Å². The molecule has 5 heteroatoms. The van der Waals surface area contributed by atoms with Crippen molar-refractivity contribution < 1.29 is 57.7 Å². The summed E-state index contributed by atoms with van der Waals surface area (Å²) in [4.78, 5) is 8.36. The third kappa shape index (κ3) is 7.25. The molecule has 0 fully saturated rings. The van der Waals surface area contributed by atoms with Gasteiger partial charge in [0.2, 0.25) is 0 Å². The van der Waals surface area contributed by atoms with E-state index in [1.807, 2.05) is 12.1 Å². The second-order valence-corrected chi connectivity index (χ2v) is 11.5. The molecule has 3 aromatic heterocycles. The number of hydrogen-bond acceptors (Lipinski definition) is 3. The van der Waals surface area contributed by atoms with Gasteiger partial charge in [0, 0.05) is 72.5 Å². The molecule has 0 spiro atoms. The third-order valence-electron chi connectivity index (χ3n) is 8.21. The van der Waals surface area contributed by atoms with Gasteiger partial charge in [-0.25, -0.2) is 0 Å². The number of pyridine rings is 2. The molecule has 0 aliphatic carbocycles. The van der Waals surface area contributed by atoms with E-state index in [1.54, 1.807) is 24.3 Å². The first-order valence-corrected chi connectivity index (χ1v) is 15.4. The molecule has 3 nitrogen and oxygen atoms in total. The molecule has 3 heterocycles. The Kier molecular flexibility index (Phi) is 5.40. The zero-order chi connectivity index (χ0) is 53.3. The summed E-state index contributed by atoms with van der Waals surface area (Å²) in [6, 6.07) is 28.0. The SMILES string of the molecule is [2H]C([2H])([2H])c1ccc(-c2cc(C([2H])([2H])[2H])c(-c3cc(-c4[c-]ccc5c4oc4ccccc45)ncc3C([2H])([2H])[2H])cc2C([2H])([2H])[2H])c(C([2H])([2H])[2H])c1.[2H]C([2H])([2H])c1cnc(-c2[c-]cc(F)cc2)cc1C([2H])([2H])[2H].[Ir]. The van der Waals surface area contributed by atoms with E-state index in [1.165, 1.54) is 24.3 Å². The number of halogens is 1. The van der Waals surface area contributed by atoms with Gasteiger partial charge in [0.25, 0.3) is 0 Å². The van der Waals surface area contributed by atoms with Gasteiger partial charge in [-0.2, -0.15) is 0 Å². The Morgan fingerprint density at radius 2 is 1.31 bits per heavy atom. The van der Waals surface area contributed by atoms with Crippen LogP contribution >= 0.6 is 0 Å². The van der Waals surface area contributed by atoms with Crippen LogP contribution in [-0.2, 0) is 20.1 Å². The number of benzene rings is 5. The maximum Gasteiger partial charge on any atom is 0.120 e. The van der Waals surface area contributed by atoms with Gasteiger partial charge in [0.15, 0.2) is 0 Å². The summed E-state index contributed by atoms with van der Waals surface area (Å²) in [5, 5.41) is 1.54. The summed E-state index contributed by atoms with van der Waals surface area (Å²) in [6.07, 6.45) is 2.11. The molecular formula is C47H39FIrN2O-2. The van der Waals surface area contributed by atoms with Gasteiger partial charge in [-0.05, 0) is 115 Å². The fourth-order valence-corrected chi connectivity index (χ4v) is 5.69. The van der Waals surface area contributed by atoms with Crippen molar-refractivity contribution in [1.29, 1.82) is 0 Å². The standard InChI is InChI=1S/C34H28NO.C13H11FN.Ir/c1-20-13-14-25(21(2)15-20)29-16-23(4)30(17-22(29)3)31-18-32(35-19-24(31)5)28-11-8-10-27-26-9-6-7-12-33(26)36-34(27)28;1-9-7-13(15-8-10(9)2)11-3-5-12(14)6-4-11;/h6-10,12-19H,1-5H3;3,5-8H,1-2H3;/q2*-1;/i1D3,2D3,3D3,4D3,5D3;1D3,2D3;. The number of hydrogen-bond donors (Lipinski definition) is 0. The number of aromatic nitrogens is 2. The minimum Gasteiger partial charge on any atom is -0.501 e. The Hall–Kier alpha value is -5.22. The zero-order valence-corrected chi connectivity index (χ0v) is 29.3. The van der Waals surface area contributed by atoms with Gasteiger partial charge in [-0.1, -0.05) is 82.7 Å². The normalized spacial score (nSPS) is 18.6. The van der Waals surface area contributed by atoms with E-state index in [9.17, 15) is 4.39 Å². The molecule has 0 unspecified atom stereocenters. The van der Waals surface area contributed by atoms with Crippen LogP contribution in [0, 0.1) is 65.9 Å². The average Bonchev–Trinajstić information content (AvgIpc) is 3.65. The molecule has 0 atom stereocenters. The van der Waals surface area contributed by atoms with Crippen molar-refractivity contribution >= 4 is 21.9 Å². The molecular weight excluding hydrogens is 820 g/mol. The van der Waals surface area contributed by atoms with Crippen molar-refractivity contribution in [2.24, 2.45) is 0 Å².